The number of aliphatic hydroxyl groups excluding tert-OH is 1. The van der Waals surface area contributed by atoms with Gasteiger partial charge in [0, 0.05) is 24.0 Å². The summed E-state index contributed by atoms with van der Waals surface area (Å²) in [6.45, 7) is 0.831. The number of alkyl halides is 3. The molecule has 0 bridgehead atoms. The lowest BCUT2D eigenvalue weighted by Gasteiger charge is -2.37. The summed E-state index contributed by atoms with van der Waals surface area (Å²) < 4.78 is 55.2. The number of fused-ring (bicyclic) bond motifs is 1. The smallest absolute Gasteiger partial charge is 0.416 e. The number of methoxy groups -OCH3 is 1. The predicted octanol–water partition coefficient (Wildman–Crippen LogP) is 5.06. The van der Waals surface area contributed by atoms with E-state index in [9.17, 15) is 18.3 Å². The van der Waals surface area contributed by atoms with Gasteiger partial charge >= 0.3 is 6.18 Å². The van der Waals surface area contributed by atoms with E-state index in [1.54, 1.807) is 24.3 Å². The van der Waals surface area contributed by atoms with Crippen LogP contribution in [-0.4, -0.2) is 42.8 Å². The molecule has 1 N–H and O–H groups in total. The molecule has 0 radical (unpaired) electrons. The van der Waals surface area contributed by atoms with Gasteiger partial charge in [0.2, 0.25) is 0 Å². The van der Waals surface area contributed by atoms with Crippen molar-refractivity contribution < 1.29 is 32.5 Å². The van der Waals surface area contributed by atoms with Gasteiger partial charge in [-0.3, -0.25) is 0 Å². The summed E-state index contributed by atoms with van der Waals surface area (Å²) in [6, 6.07) is 14.3. The monoisotopic (exact) mass is 447 g/mol. The molecule has 1 heterocycles. The summed E-state index contributed by atoms with van der Waals surface area (Å²) in [4.78, 5) is 4.40. The zero-order chi connectivity index (χ0) is 22.7. The van der Waals surface area contributed by atoms with E-state index in [4.69, 9.17) is 14.2 Å². The maximum atomic E-state index is 13.0. The summed E-state index contributed by atoms with van der Waals surface area (Å²) >= 11 is 0. The molecule has 3 aromatic rings. The number of aliphatic hydroxyl groups is 1. The largest absolute Gasteiger partial charge is 0.491 e. The van der Waals surface area contributed by atoms with Gasteiger partial charge in [0.25, 0.3) is 0 Å². The number of ether oxygens (including phenoxy) is 3. The minimum atomic E-state index is -4.40. The molecule has 32 heavy (non-hydrogen) atoms. The second-order valence-corrected chi connectivity index (χ2v) is 7.83. The van der Waals surface area contributed by atoms with Crippen LogP contribution in [0.25, 0.3) is 22.2 Å². The Balaban J connectivity index is 1.31. The molecule has 1 unspecified atom stereocenters. The van der Waals surface area contributed by atoms with Crippen LogP contribution in [0.1, 0.15) is 18.4 Å². The van der Waals surface area contributed by atoms with E-state index in [0.717, 1.165) is 30.5 Å². The highest BCUT2D eigenvalue weighted by atomic mass is 19.4. The van der Waals surface area contributed by atoms with Crippen molar-refractivity contribution in [3.63, 3.8) is 0 Å². The molecule has 1 atom stereocenters. The van der Waals surface area contributed by atoms with Crippen molar-refractivity contribution in [1.29, 1.82) is 0 Å². The minimum Gasteiger partial charge on any atom is -0.491 e. The molecular formula is C24H24F3NO4. The zero-order valence-corrected chi connectivity index (χ0v) is 17.5. The van der Waals surface area contributed by atoms with Gasteiger partial charge in [-0.25, -0.2) is 4.98 Å². The predicted molar refractivity (Wildman–Crippen MR) is 113 cm³/mol. The number of nitrogens with zero attached hydrogens (tertiary/aromatic N) is 1. The third-order valence-electron chi connectivity index (χ3n) is 5.65. The highest BCUT2D eigenvalue weighted by Gasteiger charge is 2.35. The van der Waals surface area contributed by atoms with Crippen molar-refractivity contribution >= 4 is 10.9 Å². The Hall–Kier alpha value is -2.68. The van der Waals surface area contributed by atoms with E-state index < -0.39 is 18.0 Å². The second-order valence-electron chi connectivity index (χ2n) is 7.83. The van der Waals surface area contributed by atoms with Crippen LogP contribution in [0.2, 0.25) is 0 Å². The van der Waals surface area contributed by atoms with Crippen LogP contribution >= 0.6 is 0 Å². The fraction of sp³-hybridized carbons (Fsp3) is 0.375. The lowest BCUT2D eigenvalue weighted by atomic mass is 9.82. The van der Waals surface area contributed by atoms with Gasteiger partial charge in [-0.1, -0.05) is 12.1 Å². The molecule has 8 heteroatoms. The first-order valence-corrected chi connectivity index (χ1v) is 10.4. The van der Waals surface area contributed by atoms with E-state index in [0.29, 0.717) is 35.6 Å². The van der Waals surface area contributed by atoms with Crippen LogP contribution in [-0.2, 0) is 15.7 Å². The summed E-state index contributed by atoms with van der Waals surface area (Å²) in [5, 5.41) is 10.2. The maximum Gasteiger partial charge on any atom is 0.416 e. The molecule has 0 aliphatic heterocycles. The van der Waals surface area contributed by atoms with Crippen LogP contribution in [0, 0.1) is 5.92 Å². The molecule has 1 saturated carbocycles. The molecule has 4 rings (SSSR count). The van der Waals surface area contributed by atoms with Crippen LogP contribution < -0.4 is 4.74 Å². The molecule has 0 saturated heterocycles. The first-order chi connectivity index (χ1) is 15.3. The van der Waals surface area contributed by atoms with Gasteiger partial charge in [0.1, 0.15) is 12.4 Å². The van der Waals surface area contributed by atoms with Crippen LogP contribution in [0.15, 0.2) is 54.6 Å². The van der Waals surface area contributed by atoms with Crippen LogP contribution in [0.5, 0.6) is 5.75 Å². The Morgan fingerprint density at radius 3 is 2.44 bits per heavy atom. The Labute approximate surface area is 183 Å². The third-order valence-corrected chi connectivity index (χ3v) is 5.65. The van der Waals surface area contributed by atoms with Crippen molar-refractivity contribution in [2.24, 2.45) is 5.92 Å². The fourth-order valence-corrected chi connectivity index (χ4v) is 3.72. The maximum absolute atomic E-state index is 13.0. The lowest BCUT2D eigenvalue weighted by molar-refractivity contribution is -0.166. The van der Waals surface area contributed by atoms with E-state index in [1.807, 2.05) is 12.1 Å². The van der Waals surface area contributed by atoms with Crippen LogP contribution in [0.4, 0.5) is 13.2 Å². The normalized spacial score (nSPS) is 19.5. The Bertz CT molecular complexity index is 1050. The topological polar surface area (TPSA) is 60.8 Å². The standard InChI is InChI=1S/C24H24F3NO4/c1-30-23(29)17-12-20(13-17)32-11-10-31-19-7-3-15(4-8-19)21-9-5-16-2-6-18(24(25,26)27)14-22(16)28-21/h2-9,14,17,20,23,29H,10-13H2,1H3. The van der Waals surface area contributed by atoms with Crippen molar-refractivity contribution in [2.45, 2.75) is 31.4 Å². The quantitative estimate of drug-likeness (QED) is 0.386. The SMILES string of the molecule is COC(O)C1CC(OCCOc2ccc(-c3ccc4ccc(C(F)(F)F)cc4n3)cc2)C1. The Morgan fingerprint density at radius 2 is 1.75 bits per heavy atom. The second kappa shape index (κ2) is 9.44. The fourth-order valence-electron chi connectivity index (χ4n) is 3.72. The van der Waals surface area contributed by atoms with Gasteiger partial charge in [-0.05, 0) is 55.3 Å². The van der Waals surface area contributed by atoms with E-state index >= 15 is 0 Å². The number of pyridine rings is 1. The van der Waals surface area contributed by atoms with E-state index in [-0.39, 0.29) is 12.0 Å². The number of halogens is 3. The molecule has 5 nitrogen and oxygen atoms in total. The summed E-state index contributed by atoms with van der Waals surface area (Å²) in [5.41, 5.74) is 0.952. The summed E-state index contributed by atoms with van der Waals surface area (Å²) in [6.07, 6.45) is -3.47. The number of hydrogen-bond acceptors (Lipinski definition) is 5. The van der Waals surface area contributed by atoms with E-state index in [2.05, 4.69) is 4.98 Å². The van der Waals surface area contributed by atoms with Crippen molar-refractivity contribution in [3.8, 4) is 17.0 Å². The molecule has 170 valence electrons. The Morgan fingerprint density at radius 1 is 1.03 bits per heavy atom. The molecule has 1 aliphatic rings. The summed E-state index contributed by atoms with van der Waals surface area (Å²) in [5.74, 6) is 0.793. The molecule has 2 aromatic carbocycles. The Kier molecular flexibility index (Phi) is 6.64. The van der Waals surface area contributed by atoms with Gasteiger partial charge in [-0.2, -0.15) is 13.2 Å². The van der Waals surface area contributed by atoms with E-state index in [1.165, 1.54) is 13.2 Å². The minimum absolute atomic E-state index is 0.118. The molecule has 0 spiro atoms. The van der Waals surface area contributed by atoms with Gasteiger partial charge in [0.15, 0.2) is 6.29 Å². The third kappa shape index (κ3) is 5.20. The van der Waals surface area contributed by atoms with Crippen molar-refractivity contribution in [2.75, 3.05) is 20.3 Å². The number of benzene rings is 2. The first-order valence-electron chi connectivity index (χ1n) is 10.4. The van der Waals surface area contributed by atoms with Crippen LogP contribution in [0.3, 0.4) is 0 Å². The average Bonchev–Trinajstić information content (AvgIpc) is 2.76. The molecular weight excluding hydrogens is 423 g/mol. The summed E-state index contributed by atoms with van der Waals surface area (Å²) in [7, 11) is 1.48. The lowest BCUT2D eigenvalue weighted by Crippen LogP contribution is -2.40. The van der Waals surface area contributed by atoms with Gasteiger partial charge in [-0.15, -0.1) is 0 Å². The molecule has 1 aliphatic carbocycles. The molecule has 1 aromatic heterocycles. The average molecular weight is 447 g/mol. The van der Waals surface area contributed by atoms with Crippen molar-refractivity contribution in [3.05, 3.63) is 60.2 Å². The molecule has 1 fully saturated rings. The number of rotatable bonds is 8. The van der Waals surface area contributed by atoms with Gasteiger partial charge < -0.3 is 19.3 Å². The van der Waals surface area contributed by atoms with Gasteiger partial charge in [0.05, 0.1) is 29.5 Å². The highest BCUT2D eigenvalue weighted by Crippen LogP contribution is 2.33. The highest BCUT2D eigenvalue weighted by molar-refractivity contribution is 5.82. The number of hydrogen-bond donors (Lipinski definition) is 1. The first kappa shape index (κ1) is 22.5. The zero-order valence-electron chi connectivity index (χ0n) is 17.5. The molecule has 0 amide bonds. The number of aromatic nitrogens is 1. The van der Waals surface area contributed by atoms with Crippen molar-refractivity contribution in [1.82, 2.24) is 4.98 Å².